The minimum absolute atomic E-state index is 0.246. The lowest BCUT2D eigenvalue weighted by Gasteiger charge is -2.23. The molecule has 0 saturated carbocycles. The molecule has 0 spiro atoms. The number of aromatic nitrogens is 2. The van der Waals surface area contributed by atoms with Crippen molar-refractivity contribution in [3.63, 3.8) is 0 Å². The maximum Gasteiger partial charge on any atom is 0.315 e. The Bertz CT molecular complexity index is 864. The van der Waals surface area contributed by atoms with E-state index in [2.05, 4.69) is 15.5 Å². The predicted octanol–water partition coefficient (Wildman–Crippen LogP) is 1.62. The van der Waals surface area contributed by atoms with Crippen LogP contribution in [0.4, 0.5) is 4.79 Å². The summed E-state index contributed by atoms with van der Waals surface area (Å²) in [5.41, 5.74) is 8.42. The van der Waals surface area contributed by atoms with Crippen LogP contribution in [0.5, 0.6) is 0 Å². The van der Waals surface area contributed by atoms with E-state index >= 15 is 0 Å². The van der Waals surface area contributed by atoms with Crippen LogP contribution in [0.2, 0.25) is 0 Å². The third-order valence-electron chi connectivity index (χ3n) is 5.38. The molecule has 1 aromatic carbocycles. The van der Waals surface area contributed by atoms with E-state index < -0.39 is 6.03 Å². The standard InChI is InChI=1S/C20H23N5O3/c21-20(27)25-12-14-3-1-2-4-15(14)18(25)16-5-6-17(24-23-16)19(26)22-11-13-7-9-28-10-8-13/h1-6,13,18H,7-12H2,(H2,21,27)(H,22,26). The van der Waals surface area contributed by atoms with E-state index in [9.17, 15) is 9.59 Å². The second kappa shape index (κ2) is 7.93. The highest BCUT2D eigenvalue weighted by Crippen LogP contribution is 2.37. The number of nitrogens with two attached hydrogens (primary N) is 1. The predicted molar refractivity (Wildman–Crippen MR) is 101 cm³/mol. The second-order valence-corrected chi connectivity index (χ2v) is 7.18. The first-order chi connectivity index (χ1) is 13.6. The van der Waals surface area contributed by atoms with Gasteiger partial charge in [0.1, 0.15) is 6.04 Å². The summed E-state index contributed by atoms with van der Waals surface area (Å²) in [6.45, 7) is 2.53. The molecule has 8 heteroatoms. The van der Waals surface area contributed by atoms with Crippen molar-refractivity contribution in [2.75, 3.05) is 19.8 Å². The highest BCUT2D eigenvalue weighted by Gasteiger charge is 2.34. The Hall–Kier alpha value is -3.00. The van der Waals surface area contributed by atoms with E-state index in [1.54, 1.807) is 17.0 Å². The molecule has 146 valence electrons. The van der Waals surface area contributed by atoms with Gasteiger partial charge in [0.2, 0.25) is 0 Å². The Morgan fingerprint density at radius 2 is 1.93 bits per heavy atom. The summed E-state index contributed by atoms with van der Waals surface area (Å²) in [7, 11) is 0. The van der Waals surface area contributed by atoms with Crippen LogP contribution >= 0.6 is 0 Å². The fourth-order valence-electron chi connectivity index (χ4n) is 3.80. The molecule has 1 atom stereocenters. The molecule has 28 heavy (non-hydrogen) atoms. The summed E-state index contributed by atoms with van der Waals surface area (Å²) in [6, 6.07) is 10.2. The SMILES string of the molecule is NC(=O)N1Cc2ccccc2C1c1ccc(C(=O)NCC2CCOCC2)nn1. The topological polar surface area (TPSA) is 110 Å². The third kappa shape index (κ3) is 3.68. The van der Waals surface area contributed by atoms with Crippen molar-refractivity contribution in [3.8, 4) is 0 Å². The van der Waals surface area contributed by atoms with E-state index in [0.717, 1.165) is 37.2 Å². The van der Waals surface area contributed by atoms with Crippen LogP contribution in [-0.4, -0.2) is 46.8 Å². The quantitative estimate of drug-likeness (QED) is 0.836. The minimum atomic E-state index is -0.513. The molecular formula is C20H23N5O3. The number of benzene rings is 1. The van der Waals surface area contributed by atoms with Gasteiger partial charge in [0.05, 0.1) is 5.69 Å². The van der Waals surface area contributed by atoms with Gasteiger partial charge < -0.3 is 20.7 Å². The monoisotopic (exact) mass is 381 g/mol. The van der Waals surface area contributed by atoms with E-state index in [-0.39, 0.29) is 17.6 Å². The van der Waals surface area contributed by atoms with Crippen molar-refractivity contribution in [1.82, 2.24) is 20.4 Å². The summed E-state index contributed by atoms with van der Waals surface area (Å²) in [6.07, 6.45) is 1.91. The Labute approximate surface area is 163 Å². The van der Waals surface area contributed by atoms with Gasteiger partial charge in [-0.3, -0.25) is 4.79 Å². The van der Waals surface area contributed by atoms with Crippen LogP contribution < -0.4 is 11.1 Å². The van der Waals surface area contributed by atoms with Crippen molar-refractivity contribution in [2.24, 2.45) is 11.7 Å². The normalized spacial score (nSPS) is 19.3. The van der Waals surface area contributed by atoms with E-state index in [0.29, 0.717) is 24.7 Å². The number of carbonyl (C=O) groups excluding carboxylic acids is 2. The van der Waals surface area contributed by atoms with Gasteiger partial charge >= 0.3 is 6.03 Å². The zero-order valence-electron chi connectivity index (χ0n) is 15.5. The molecule has 0 aliphatic carbocycles. The number of amides is 3. The third-order valence-corrected chi connectivity index (χ3v) is 5.38. The molecule has 2 aliphatic rings. The van der Waals surface area contributed by atoms with Gasteiger partial charge in [-0.15, -0.1) is 5.10 Å². The number of fused-ring (bicyclic) bond motifs is 1. The summed E-state index contributed by atoms with van der Waals surface area (Å²) in [5, 5.41) is 11.2. The molecule has 3 N–H and O–H groups in total. The number of ether oxygens (including phenoxy) is 1. The van der Waals surface area contributed by atoms with Crippen molar-refractivity contribution in [1.29, 1.82) is 0 Å². The number of nitrogens with one attached hydrogen (secondary N) is 1. The number of urea groups is 1. The van der Waals surface area contributed by atoms with Crippen LogP contribution in [0.3, 0.4) is 0 Å². The zero-order valence-corrected chi connectivity index (χ0v) is 15.5. The van der Waals surface area contributed by atoms with Gasteiger partial charge in [-0.05, 0) is 42.0 Å². The first-order valence-electron chi connectivity index (χ1n) is 9.47. The molecule has 2 aliphatic heterocycles. The van der Waals surface area contributed by atoms with Gasteiger partial charge in [0, 0.05) is 26.3 Å². The Morgan fingerprint density at radius 1 is 1.14 bits per heavy atom. The Balaban J connectivity index is 1.47. The van der Waals surface area contributed by atoms with Crippen molar-refractivity contribution >= 4 is 11.9 Å². The Kier molecular flexibility index (Phi) is 5.21. The van der Waals surface area contributed by atoms with E-state index in [1.165, 1.54) is 0 Å². The number of primary amides is 1. The summed E-state index contributed by atoms with van der Waals surface area (Å²) < 4.78 is 5.33. The fourth-order valence-corrected chi connectivity index (χ4v) is 3.80. The molecule has 1 fully saturated rings. The molecule has 2 aromatic rings. The lowest BCUT2D eigenvalue weighted by atomic mass is 10.0. The van der Waals surface area contributed by atoms with Gasteiger partial charge in [-0.2, -0.15) is 5.10 Å². The number of hydrogen-bond donors (Lipinski definition) is 2. The molecule has 0 radical (unpaired) electrons. The van der Waals surface area contributed by atoms with Crippen LogP contribution in [0.1, 0.15) is 46.2 Å². The molecule has 1 unspecified atom stereocenters. The zero-order chi connectivity index (χ0) is 19.5. The van der Waals surface area contributed by atoms with E-state index in [1.807, 2.05) is 24.3 Å². The van der Waals surface area contributed by atoms with Crippen molar-refractivity contribution in [3.05, 3.63) is 58.9 Å². The Morgan fingerprint density at radius 3 is 2.64 bits per heavy atom. The highest BCUT2D eigenvalue weighted by atomic mass is 16.5. The first-order valence-corrected chi connectivity index (χ1v) is 9.47. The number of nitrogens with zero attached hydrogens (tertiary/aromatic N) is 3. The number of carbonyl (C=O) groups is 2. The second-order valence-electron chi connectivity index (χ2n) is 7.18. The van der Waals surface area contributed by atoms with Crippen molar-refractivity contribution in [2.45, 2.75) is 25.4 Å². The maximum atomic E-state index is 12.4. The molecule has 1 saturated heterocycles. The minimum Gasteiger partial charge on any atom is -0.381 e. The molecule has 0 bridgehead atoms. The first kappa shape index (κ1) is 18.4. The smallest absolute Gasteiger partial charge is 0.315 e. The molecule has 1 aromatic heterocycles. The van der Waals surface area contributed by atoms with Crippen LogP contribution in [0.25, 0.3) is 0 Å². The van der Waals surface area contributed by atoms with E-state index in [4.69, 9.17) is 10.5 Å². The van der Waals surface area contributed by atoms with Crippen LogP contribution in [0, 0.1) is 5.92 Å². The lowest BCUT2D eigenvalue weighted by Crippen LogP contribution is -2.35. The molecular weight excluding hydrogens is 358 g/mol. The largest absolute Gasteiger partial charge is 0.381 e. The molecule has 3 amide bonds. The lowest BCUT2D eigenvalue weighted by molar-refractivity contribution is 0.0642. The molecule has 4 rings (SSSR count). The average Bonchev–Trinajstić information content (AvgIpc) is 3.13. The summed E-state index contributed by atoms with van der Waals surface area (Å²) in [4.78, 5) is 25.8. The van der Waals surface area contributed by atoms with Gasteiger partial charge in [0.15, 0.2) is 5.69 Å². The van der Waals surface area contributed by atoms with Gasteiger partial charge in [-0.1, -0.05) is 24.3 Å². The van der Waals surface area contributed by atoms with Crippen LogP contribution in [-0.2, 0) is 11.3 Å². The maximum absolute atomic E-state index is 12.4. The number of rotatable bonds is 4. The van der Waals surface area contributed by atoms with Gasteiger partial charge in [-0.25, -0.2) is 4.79 Å². The number of hydrogen-bond acceptors (Lipinski definition) is 5. The van der Waals surface area contributed by atoms with Crippen LogP contribution in [0.15, 0.2) is 36.4 Å². The summed E-state index contributed by atoms with van der Waals surface area (Å²) >= 11 is 0. The summed E-state index contributed by atoms with van der Waals surface area (Å²) in [5.74, 6) is 0.188. The van der Waals surface area contributed by atoms with Crippen molar-refractivity contribution < 1.29 is 14.3 Å². The fraction of sp³-hybridized carbons (Fsp3) is 0.400. The average molecular weight is 381 g/mol. The van der Waals surface area contributed by atoms with Gasteiger partial charge in [0.25, 0.3) is 5.91 Å². The highest BCUT2D eigenvalue weighted by molar-refractivity contribution is 5.92. The molecule has 3 heterocycles. The molecule has 8 nitrogen and oxygen atoms in total.